The molecule has 3 nitrogen and oxygen atoms in total. The van der Waals surface area contributed by atoms with Crippen molar-refractivity contribution in [2.24, 2.45) is 0 Å². The summed E-state index contributed by atoms with van der Waals surface area (Å²) in [6.07, 6.45) is 6.34. The summed E-state index contributed by atoms with van der Waals surface area (Å²) < 4.78 is 0. The molecule has 1 aromatic heterocycles. The number of hydrogen-bond acceptors (Lipinski definition) is 3. The third-order valence-corrected chi connectivity index (χ3v) is 7.37. The summed E-state index contributed by atoms with van der Waals surface area (Å²) in [7, 11) is 0. The Morgan fingerprint density at radius 3 is 2.67 bits per heavy atom. The number of rotatable bonds is 7. The zero-order chi connectivity index (χ0) is 23.5. The van der Waals surface area contributed by atoms with Gasteiger partial charge >= 0.3 is 0 Å². The van der Waals surface area contributed by atoms with Crippen LogP contribution < -0.4 is 5.73 Å². The number of aryl methyl sites for hydroxylation is 1. The number of pyridine rings is 1. The first kappa shape index (κ1) is 23.4. The second-order valence-corrected chi connectivity index (χ2v) is 9.67. The number of nitrogen functional groups attached to an aromatic ring is 1. The highest BCUT2D eigenvalue weighted by Gasteiger charge is 2.24. The second kappa shape index (κ2) is 10.0. The lowest BCUT2D eigenvalue weighted by molar-refractivity contribution is 0.361. The first-order valence-corrected chi connectivity index (χ1v) is 12.3. The van der Waals surface area contributed by atoms with Crippen LogP contribution in [0.2, 0.25) is 5.02 Å². The van der Waals surface area contributed by atoms with E-state index >= 15 is 0 Å². The molecule has 0 spiro atoms. The summed E-state index contributed by atoms with van der Waals surface area (Å²) in [5.74, 6) is 0.829. The lowest BCUT2D eigenvalue weighted by atomic mass is 9.90. The molecule has 2 heterocycles. The van der Waals surface area contributed by atoms with Gasteiger partial charge in [-0.3, -0.25) is 0 Å². The maximum atomic E-state index is 6.51. The molecule has 0 saturated carbocycles. The van der Waals surface area contributed by atoms with E-state index in [4.69, 9.17) is 17.3 Å². The zero-order valence-corrected chi connectivity index (χ0v) is 20.7. The molecule has 2 atom stereocenters. The van der Waals surface area contributed by atoms with Crippen LogP contribution in [-0.4, -0.2) is 22.5 Å². The SMILES string of the molecule is C=C(c1ccc(-c2cnc(N)c(CC(C)c3c(C)cccc3Cl)c2)cc1)N1CCCC1CC. The van der Waals surface area contributed by atoms with Gasteiger partial charge in [-0.15, -0.1) is 0 Å². The average molecular weight is 460 g/mol. The number of likely N-dealkylation sites (tertiary alicyclic amines) is 1. The minimum atomic E-state index is 0.246. The molecule has 4 rings (SSSR count). The van der Waals surface area contributed by atoms with Crippen LogP contribution in [-0.2, 0) is 6.42 Å². The monoisotopic (exact) mass is 459 g/mol. The Bertz CT molecular complexity index is 1120. The van der Waals surface area contributed by atoms with Crippen molar-refractivity contribution >= 4 is 23.1 Å². The predicted molar refractivity (Wildman–Crippen MR) is 141 cm³/mol. The normalized spacial score (nSPS) is 16.7. The lowest BCUT2D eigenvalue weighted by Crippen LogP contribution is -2.26. The van der Waals surface area contributed by atoms with Gasteiger partial charge in [-0.25, -0.2) is 4.98 Å². The van der Waals surface area contributed by atoms with Crippen molar-refractivity contribution in [1.82, 2.24) is 9.88 Å². The van der Waals surface area contributed by atoms with Gasteiger partial charge in [0.1, 0.15) is 5.82 Å². The van der Waals surface area contributed by atoms with Gasteiger partial charge in [0.25, 0.3) is 0 Å². The summed E-state index contributed by atoms with van der Waals surface area (Å²) >= 11 is 6.51. The van der Waals surface area contributed by atoms with E-state index < -0.39 is 0 Å². The molecule has 1 fully saturated rings. The van der Waals surface area contributed by atoms with Gasteiger partial charge in [0.2, 0.25) is 0 Å². The van der Waals surface area contributed by atoms with Crippen LogP contribution in [0.25, 0.3) is 16.8 Å². The van der Waals surface area contributed by atoms with Crippen molar-refractivity contribution in [3.05, 3.63) is 88.6 Å². The average Bonchev–Trinajstić information content (AvgIpc) is 3.29. The number of benzene rings is 2. The molecular formula is C29H34ClN3. The van der Waals surface area contributed by atoms with Gasteiger partial charge in [0.05, 0.1) is 0 Å². The van der Waals surface area contributed by atoms with Gasteiger partial charge < -0.3 is 10.6 Å². The Hall–Kier alpha value is -2.78. The van der Waals surface area contributed by atoms with Crippen LogP contribution in [0, 0.1) is 6.92 Å². The predicted octanol–water partition coefficient (Wildman–Crippen LogP) is 7.48. The first-order valence-electron chi connectivity index (χ1n) is 11.9. The topological polar surface area (TPSA) is 42.1 Å². The van der Waals surface area contributed by atoms with Crippen LogP contribution >= 0.6 is 11.6 Å². The van der Waals surface area contributed by atoms with Crippen molar-refractivity contribution in [2.45, 2.75) is 58.4 Å². The molecule has 4 heteroatoms. The van der Waals surface area contributed by atoms with Crippen molar-refractivity contribution in [2.75, 3.05) is 12.3 Å². The summed E-state index contributed by atoms with van der Waals surface area (Å²) in [5, 5.41) is 0.810. The van der Waals surface area contributed by atoms with Gasteiger partial charge in [0, 0.05) is 35.1 Å². The molecule has 0 amide bonds. The molecule has 0 bridgehead atoms. The molecule has 1 saturated heterocycles. The third kappa shape index (κ3) is 4.94. The largest absolute Gasteiger partial charge is 0.383 e. The van der Waals surface area contributed by atoms with Crippen LogP contribution in [0.1, 0.15) is 61.3 Å². The van der Waals surface area contributed by atoms with Crippen molar-refractivity contribution in [1.29, 1.82) is 0 Å². The zero-order valence-electron chi connectivity index (χ0n) is 19.9. The molecule has 2 unspecified atom stereocenters. The van der Waals surface area contributed by atoms with Gasteiger partial charge in [-0.05, 0) is 78.5 Å². The maximum Gasteiger partial charge on any atom is 0.126 e. The summed E-state index contributed by atoms with van der Waals surface area (Å²) in [6.45, 7) is 12.1. The van der Waals surface area contributed by atoms with E-state index in [1.165, 1.54) is 36.0 Å². The Morgan fingerprint density at radius 2 is 1.97 bits per heavy atom. The standard InChI is InChI=1S/C29H34ClN3/c1-5-26-9-7-15-33(26)21(4)22-11-13-23(14-12-22)25-17-24(29(31)32-18-25)16-20(3)28-19(2)8-6-10-27(28)30/h6,8,10-14,17-18,20,26H,4-5,7,9,15-16H2,1-3H3,(H2,31,32). The highest BCUT2D eigenvalue weighted by atomic mass is 35.5. The quantitative estimate of drug-likeness (QED) is 0.398. The highest BCUT2D eigenvalue weighted by Crippen LogP contribution is 2.33. The van der Waals surface area contributed by atoms with Crippen LogP contribution in [0.5, 0.6) is 0 Å². The Labute approximate surface area is 203 Å². The second-order valence-electron chi connectivity index (χ2n) is 9.27. The number of hydrogen-bond donors (Lipinski definition) is 1. The van der Waals surface area contributed by atoms with E-state index in [2.05, 4.69) is 73.6 Å². The Morgan fingerprint density at radius 1 is 1.21 bits per heavy atom. The molecule has 0 radical (unpaired) electrons. The highest BCUT2D eigenvalue weighted by molar-refractivity contribution is 6.31. The molecule has 2 N–H and O–H groups in total. The Kier molecular flexibility index (Phi) is 7.09. The molecule has 2 aromatic carbocycles. The van der Waals surface area contributed by atoms with Gasteiger partial charge in [-0.1, -0.05) is 68.4 Å². The van der Waals surface area contributed by atoms with Crippen molar-refractivity contribution in [3.8, 4) is 11.1 Å². The molecule has 33 heavy (non-hydrogen) atoms. The van der Waals surface area contributed by atoms with E-state index in [0.717, 1.165) is 40.4 Å². The van der Waals surface area contributed by atoms with Crippen molar-refractivity contribution in [3.63, 3.8) is 0 Å². The number of anilines is 1. The van der Waals surface area contributed by atoms with E-state index in [9.17, 15) is 0 Å². The fraction of sp³-hybridized carbons (Fsp3) is 0.345. The third-order valence-electron chi connectivity index (χ3n) is 7.04. The summed E-state index contributed by atoms with van der Waals surface area (Å²) in [6, 6.07) is 17.5. The van der Waals surface area contributed by atoms with E-state index in [0.29, 0.717) is 11.9 Å². The fourth-order valence-electron chi connectivity index (χ4n) is 5.18. The Balaban J connectivity index is 1.54. The molecule has 0 aliphatic carbocycles. The summed E-state index contributed by atoms with van der Waals surface area (Å²) in [5.41, 5.74) is 14.2. The van der Waals surface area contributed by atoms with Crippen LogP contribution in [0.4, 0.5) is 5.82 Å². The molecule has 3 aromatic rings. The lowest BCUT2D eigenvalue weighted by Gasteiger charge is -2.28. The van der Waals surface area contributed by atoms with Crippen molar-refractivity contribution < 1.29 is 0 Å². The van der Waals surface area contributed by atoms with E-state index in [1.54, 1.807) is 0 Å². The molecule has 172 valence electrons. The fourth-order valence-corrected chi connectivity index (χ4v) is 5.59. The smallest absolute Gasteiger partial charge is 0.126 e. The number of nitrogens with two attached hydrogens (primary N) is 1. The first-order chi connectivity index (χ1) is 15.9. The van der Waals surface area contributed by atoms with E-state index in [1.807, 2.05) is 18.3 Å². The van der Waals surface area contributed by atoms with Gasteiger partial charge in [0.15, 0.2) is 0 Å². The van der Waals surface area contributed by atoms with Gasteiger partial charge in [-0.2, -0.15) is 0 Å². The molecule has 1 aliphatic rings. The molecule has 1 aliphatic heterocycles. The minimum absolute atomic E-state index is 0.246. The summed E-state index contributed by atoms with van der Waals surface area (Å²) in [4.78, 5) is 6.98. The van der Waals surface area contributed by atoms with Crippen LogP contribution in [0.15, 0.2) is 61.3 Å². The molecular weight excluding hydrogens is 426 g/mol. The minimum Gasteiger partial charge on any atom is -0.383 e. The van der Waals surface area contributed by atoms with E-state index in [-0.39, 0.29) is 5.92 Å². The number of nitrogens with zero attached hydrogens (tertiary/aromatic N) is 2. The van der Waals surface area contributed by atoms with Crippen LogP contribution in [0.3, 0.4) is 0 Å². The maximum absolute atomic E-state index is 6.51. The number of halogens is 1. The number of aromatic nitrogens is 1.